The van der Waals surface area contributed by atoms with Gasteiger partial charge in [-0.1, -0.05) is 24.3 Å². The molecule has 0 aliphatic carbocycles. The number of fused-ring (bicyclic) bond motifs is 1. The zero-order chi connectivity index (χ0) is 21.6. The van der Waals surface area contributed by atoms with Crippen LogP contribution in [0.15, 0.2) is 52.9 Å². The van der Waals surface area contributed by atoms with Gasteiger partial charge in [0.1, 0.15) is 17.9 Å². The molecule has 0 bridgehead atoms. The molecule has 3 aromatic rings. The van der Waals surface area contributed by atoms with Crippen LogP contribution < -0.4 is 9.64 Å². The average molecular weight is 414 g/mol. The Morgan fingerprint density at radius 2 is 1.87 bits per heavy atom. The summed E-state index contributed by atoms with van der Waals surface area (Å²) in [5.41, 5.74) is 0.627. The van der Waals surface area contributed by atoms with Gasteiger partial charge in [-0.25, -0.2) is 4.79 Å². The lowest BCUT2D eigenvalue weighted by molar-refractivity contribution is -0.166. The van der Waals surface area contributed by atoms with Crippen molar-refractivity contribution in [1.29, 1.82) is 0 Å². The lowest BCUT2D eigenvalue weighted by Gasteiger charge is -2.26. The molecule has 0 spiro atoms. The quantitative estimate of drug-likeness (QED) is 0.478. The number of carboxylic acid groups (broad SMARTS) is 1. The fourth-order valence-corrected chi connectivity index (χ4v) is 2.89. The van der Waals surface area contributed by atoms with Gasteiger partial charge in [-0.3, -0.25) is 0 Å². The van der Waals surface area contributed by atoms with Crippen molar-refractivity contribution in [3.63, 3.8) is 0 Å². The van der Waals surface area contributed by atoms with E-state index < -0.39 is 11.6 Å². The Bertz CT molecular complexity index is 938. The second-order valence-corrected chi connectivity index (χ2v) is 6.94. The standard InChI is InChI=1S/C22H26N2O6/c1-22(20(25)26,29-15-14-27-3)16-8-10-17(11-9-16)28-13-12-24(2)21-23-18-6-4-5-7-19(18)30-21/h4-11H,12-15H2,1-3H3,(H,25,26). The monoisotopic (exact) mass is 414 g/mol. The number of hydrogen-bond acceptors (Lipinski definition) is 7. The van der Waals surface area contributed by atoms with E-state index in [-0.39, 0.29) is 6.61 Å². The van der Waals surface area contributed by atoms with E-state index in [1.165, 1.54) is 14.0 Å². The molecule has 30 heavy (non-hydrogen) atoms. The molecule has 0 amide bonds. The number of methoxy groups -OCH3 is 1. The second-order valence-electron chi connectivity index (χ2n) is 6.94. The Balaban J connectivity index is 1.56. The normalized spacial score (nSPS) is 13.2. The summed E-state index contributed by atoms with van der Waals surface area (Å²) in [6.45, 7) is 3.00. The number of aliphatic carboxylic acids is 1. The second kappa shape index (κ2) is 9.60. The van der Waals surface area contributed by atoms with Crippen molar-refractivity contribution in [3.8, 4) is 5.75 Å². The van der Waals surface area contributed by atoms with Gasteiger partial charge < -0.3 is 28.6 Å². The fraction of sp³-hybridized carbons (Fsp3) is 0.364. The molecule has 0 saturated carbocycles. The number of ether oxygens (including phenoxy) is 3. The summed E-state index contributed by atoms with van der Waals surface area (Å²) in [5.74, 6) is -0.429. The number of carboxylic acids is 1. The molecule has 3 rings (SSSR count). The summed E-state index contributed by atoms with van der Waals surface area (Å²) in [7, 11) is 3.42. The highest BCUT2D eigenvalue weighted by Crippen LogP contribution is 2.28. The highest BCUT2D eigenvalue weighted by molar-refractivity contribution is 5.79. The van der Waals surface area contributed by atoms with Crippen LogP contribution >= 0.6 is 0 Å². The van der Waals surface area contributed by atoms with Crippen LogP contribution in [0.3, 0.4) is 0 Å². The zero-order valence-electron chi connectivity index (χ0n) is 17.3. The molecule has 0 radical (unpaired) electrons. The summed E-state index contributed by atoms with van der Waals surface area (Å²) in [5, 5.41) is 9.60. The third-order valence-corrected chi connectivity index (χ3v) is 4.80. The summed E-state index contributed by atoms with van der Waals surface area (Å²) < 4.78 is 22.0. The van der Waals surface area contributed by atoms with Gasteiger partial charge in [-0.2, -0.15) is 4.98 Å². The number of hydrogen-bond donors (Lipinski definition) is 1. The van der Waals surface area contributed by atoms with Crippen LogP contribution in [-0.4, -0.2) is 56.6 Å². The number of likely N-dealkylation sites (N-methyl/N-ethyl adjacent to an activating group) is 1. The Morgan fingerprint density at radius 3 is 2.53 bits per heavy atom. The molecule has 8 nitrogen and oxygen atoms in total. The molecule has 1 unspecified atom stereocenters. The number of aromatic nitrogens is 1. The van der Waals surface area contributed by atoms with Crippen molar-refractivity contribution in [1.82, 2.24) is 4.98 Å². The van der Waals surface area contributed by atoms with Crippen LogP contribution in [0, 0.1) is 0 Å². The van der Waals surface area contributed by atoms with Crippen LogP contribution in [0.25, 0.3) is 11.1 Å². The minimum atomic E-state index is -1.45. The first-order chi connectivity index (χ1) is 14.4. The highest BCUT2D eigenvalue weighted by atomic mass is 16.5. The van der Waals surface area contributed by atoms with Crippen molar-refractivity contribution in [2.24, 2.45) is 0 Å². The highest BCUT2D eigenvalue weighted by Gasteiger charge is 2.36. The van der Waals surface area contributed by atoms with E-state index in [2.05, 4.69) is 4.98 Å². The van der Waals surface area contributed by atoms with Gasteiger partial charge >= 0.3 is 5.97 Å². The number of nitrogens with zero attached hydrogens (tertiary/aromatic N) is 2. The van der Waals surface area contributed by atoms with Crippen LogP contribution in [0.4, 0.5) is 6.01 Å². The smallest absolute Gasteiger partial charge is 0.340 e. The van der Waals surface area contributed by atoms with Crippen molar-refractivity contribution >= 4 is 23.1 Å². The summed E-state index contributed by atoms with van der Waals surface area (Å²) in [6.07, 6.45) is 0. The van der Waals surface area contributed by atoms with Gasteiger partial charge in [0, 0.05) is 14.2 Å². The zero-order valence-corrected chi connectivity index (χ0v) is 17.3. The lowest BCUT2D eigenvalue weighted by Crippen LogP contribution is -2.36. The molecule has 0 aliphatic heterocycles. The summed E-state index contributed by atoms with van der Waals surface area (Å²) in [4.78, 5) is 18.1. The number of para-hydroxylation sites is 2. The van der Waals surface area contributed by atoms with Crippen molar-refractivity contribution in [3.05, 3.63) is 54.1 Å². The van der Waals surface area contributed by atoms with Gasteiger partial charge in [-0.05, 0) is 36.8 Å². The van der Waals surface area contributed by atoms with E-state index in [1.54, 1.807) is 24.3 Å². The van der Waals surface area contributed by atoms with Crippen molar-refractivity contribution in [2.45, 2.75) is 12.5 Å². The molecule has 160 valence electrons. The van der Waals surface area contributed by atoms with Gasteiger partial charge in [0.15, 0.2) is 11.2 Å². The van der Waals surface area contributed by atoms with Crippen molar-refractivity contribution < 1.29 is 28.5 Å². The van der Waals surface area contributed by atoms with Gasteiger partial charge in [0.2, 0.25) is 0 Å². The molecule has 0 aliphatic rings. The Labute approximate surface area is 175 Å². The first kappa shape index (κ1) is 21.6. The SMILES string of the molecule is COCCOC(C)(C(=O)O)c1ccc(OCCN(C)c2nc3ccccc3o2)cc1. The molecular formula is C22H26N2O6. The third-order valence-electron chi connectivity index (χ3n) is 4.80. The maximum atomic E-state index is 11.7. The molecule has 8 heteroatoms. The molecule has 1 heterocycles. The number of benzene rings is 2. The van der Waals surface area contributed by atoms with E-state index >= 15 is 0 Å². The van der Waals surface area contributed by atoms with E-state index in [0.29, 0.717) is 37.1 Å². The predicted molar refractivity (Wildman–Crippen MR) is 112 cm³/mol. The molecule has 1 N–H and O–H groups in total. The number of oxazole rings is 1. The molecule has 2 aromatic carbocycles. The van der Waals surface area contributed by atoms with Gasteiger partial charge in [0.05, 0.1) is 19.8 Å². The van der Waals surface area contributed by atoms with Crippen LogP contribution in [0.1, 0.15) is 12.5 Å². The molecular weight excluding hydrogens is 388 g/mol. The molecule has 0 saturated heterocycles. The van der Waals surface area contributed by atoms with Crippen LogP contribution in [0.2, 0.25) is 0 Å². The Hall–Kier alpha value is -3.10. The van der Waals surface area contributed by atoms with E-state index in [1.807, 2.05) is 36.2 Å². The van der Waals surface area contributed by atoms with Crippen molar-refractivity contribution in [2.75, 3.05) is 45.4 Å². The largest absolute Gasteiger partial charge is 0.492 e. The molecule has 1 atom stereocenters. The van der Waals surface area contributed by atoms with Gasteiger partial charge in [-0.15, -0.1) is 0 Å². The van der Waals surface area contributed by atoms with Gasteiger partial charge in [0.25, 0.3) is 6.01 Å². The molecule has 0 fully saturated rings. The predicted octanol–water partition coefficient (Wildman–Crippen LogP) is 3.31. The van der Waals surface area contributed by atoms with E-state index in [9.17, 15) is 9.90 Å². The first-order valence-corrected chi connectivity index (χ1v) is 9.60. The minimum absolute atomic E-state index is 0.180. The lowest BCUT2D eigenvalue weighted by atomic mass is 9.96. The summed E-state index contributed by atoms with van der Waals surface area (Å²) >= 11 is 0. The number of rotatable bonds is 11. The molecule has 1 aromatic heterocycles. The Morgan fingerprint density at radius 1 is 1.13 bits per heavy atom. The fourth-order valence-electron chi connectivity index (χ4n) is 2.89. The first-order valence-electron chi connectivity index (χ1n) is 9.60. The topological polar surface area (TPSA) is 94.3 Å². The van der Waals surface area contributed by atoms with E-state index in [0.717, 1.165) is 11.1 Å². The maximum Gasteiger partial charge on any atom is 0.340 e. The number of carbonyl (C=O) groups is 1. The third kappa shape index (κ3) is 4.90. The van der Waals surface area contributed by atoms with Crippen LogP contribution in [-0.2, 0) is 19.9 Å². The van der Waals surface area contributed by atoms with E-state index in [4.69, 9.17) is 18.6 Å². The maximum absolute atomic E-state index is 11.7. The summed E-state index contributed by atoms with van der Waals surface area (Å²) in [6, 6.07) is 15.0. The Kier molecular flexibility index (Phi) is 6.91. The average Bonchev–Trinajstić information content (AvgIpc) is 3.18. The number of anilines is 1. The minimum Gasteiger partial charge on any atom is -0.492 e. The van der Waals surface area contributed by atoms with Crippen LogP contribution in [0.5, 0.6) is 5.75 Å².